The lowest BCUT2D eigenvalue weighted by atomic mass is 10.2. The van der Waals surface area contributed by atoms with E-state index in [1.165, 1.54) is 10.8 Å². The standard InChI is InChI=1S/C11H11OS/c1-3-12-10-5-4-9-7-13-8(2)11(9)6-10/h4-7H,2-3H2,1H3. The highest BCUT2D eigenvalue weighted by molar-refractivity contribution is 7.11. The highest BCUT2D eigenvalue weighted by Crippen LogP contribution is 2.28. The van der Waals surface area contributed by atoms with Crippen LogP contribution in [0.4, 0.5) is 0 Å². The van der Waals surface area contributed by atoms with Crippen LogP contribution in [0.1, 0.15) is 11.8 Å². The lowest BCUT2D eigenvalue weighted by Crippen LogP contribution is -1.90. The Balaban J connectivity index is 2.53. The monoisotopic (exact) mass is 191 g/mol. The highest BCUT2D eigenvalue weighted by atomic mass is 32.1. The van der Waals surface area contributed by atoms with Crippen molar-refractivity contribution in [1.82, 2.24) is 0 Å². The van der Waals surface area contributed by atoms with Crippen LogP contribution in [0.15, 0.2) is 23.6 Å². The van der Waals surface area contributed by atoms with Gasteiger partial charge in [0.1, 0.15) is 5.75 Å². The molecular formula is C11H11OS. The van der Waals surface area contributed by atoms with Gasteiger partial charge in [-0.15, -0.1) is 11.3 Å². The fraction of sp³-hybridized carbons (Fsp3) is 0.182. The lowest BCUT2D eigenvalue weighted by molar-refractivity contribution is 0.341. The van der Waals surface area contributed by atoms with Crippen LogP contribution >= 0.6 is 11.3 Å². The number of benzene rings is 1. The summed E-state index contributed by atoms with van der Waals surface area (Å²) in [7, 11) is 0. The number of hydrogen-bond donors (Lipinski definition) is 0. The summed E-state index contributed by atoms with van der Waals surface area (Å²) in [6.45, 7) is 6.67. The first-order valence-corrected chi connectivity index (χ1v) is 5.15. The van der Waals surface area contributed by atoms with Crippen molar-refractivity contribution in [2.45, 2.75) is 6.92 Å². The molecule has 13 heavy (non-hydrogen) atoms. The second-order valence-corrected chi connectivity index (χ2v) is 3.81. The van der Waals surface area contributed by atoms with Crippen LogP contribution in [0.5, 0.6) is 5.75 Å². The van der Waals surface area contributed by atoms with Gasteiger partial charge in [-0.2, -0.15) is 0 Å². The number of hydrogen-bond acceptors (Lipinski definition) is 2. The average Bonchev–Trinajstić information content (AvgIpc) is 2.49. The van der Waals surface area contributed by atoms with Gasteiger partial charge in [-0.1, -0.05) is 0 Å². The summed E-state index contributed by atoms with van der Waals surface area (Å²) < 4.78 is 5.42. The van der Waals surface area contributed by atoms with Crippen LogP contribution in [0.2, 0.25) is 0 Å². The van der Waals surface area contributed by atoms with E-state index >= 15 is 0 Å². The first-order valence-electron chi connectivity index (χ1n) is 4.27. The van der Waals surface area contributed by atoms with E-state index in [-0.39, 0.29) is 0 Å². The third-order valence-corrected chi connectivity index (χ3v) is 2.84. The molecule has 1 aromatic heterocycles. The quantitative estimate of drug-likeness (QED) is 0.706. The fourth-order valence-corrected chi connectivity index (χ4v) is 2.11. The van der Waals surface area contributed by atoms with Gasteiger partial charge in [0.2, 0.25) is 0 Å². The summed E-state index contributed by atoms with van der Waals surface area (Å²) in [5.41, 5.74) is 0. The van der Waals surface area contributed by atoms with E-state index in [1.807, 2.05) is 13.0 Å². The van der Waals surface area contributed by atoms with E-state index in [1.54, 1.807) is 11.3 Å². The molecule has 0 saturated carbocycles. The van der Waals surface area contributed by atoms with Gasteiger partial charge in [0.25, 0.3) is 0 Å². The molecule has 0 unspecified atom stereocenters. The predicted molar refractivity (Wildman–Crippen MR) is 57.5 cm³/mol. The topological polar surface area (TPSA) is 9.23 Å². The molecule has 67 valence electrons. The van der Waals surface area contributed by atoms with Crippen LogP contribution in [0.3, 0.4) is 0 Å². The van der Waals surface area contributed by atoms with Gasteiger partial charge in [-0.05, 0) is 48.2 Å². The molecule has 1 radical (unpaired) electrons. The number of fused-ring (bicyclic) bond motifs is 1. The lowest BCUT2D eigenvalue weighted by Gasteiger charge is -2.02. The van der Waals surface area contributed by atoms with E-state index < -0.39 is 0 Å². The van der Waals surface area contributed by atoms with Gasteiger partial charge in [0.05, 0.1) is 6.61 Å². The summed E-state index contributed by atoms with van der Waals surface area (Å²) in [4.78, 5) is 1.11. The van der Waals surface area contributed by atoms with E-state index in [0.29, 0.717) is 6.61 Å². The number of thiophene rings is 1. The minimum absolute atomic E-state index is 0.710. The molecular weight excluding hydrogens is 180 g/mol. The highest BCUT2D eigenvalue weighted by Gasteiger charge is 2.01. The molecule has 0 fully saturated rings. The summed E-state index contributed by atoms with van der Waals surface area (Å²) in [5, 5.41) is 4.57. The maximum absolute atomic E-state index is 5.42. The molecule has 0 N–H and O–H groups in total. The molecule has 2 heteroatoms. The molecule has 2 rings (SSSR count). The van der Waals surface area contributed by atoms with E-state index in [4.69, 9.17) is 4.74 Å². The van der Waals surface area contributed by atoms with E-state index in [0.717, 1.165) is 10.6 Å². The van der Waals surface area contributed by atoms with Crippen LogP contribution in [0, 0.1) is 6.92 Å². The minimum Gasteiger partial charge on any atom is -0.494 e. The molecule has 1 aromatic carbocycles. The molecule has 1 heterocycles. The van der Waals surface area contributed by atoms with Crippen molar-refractivity contribution in [1.29, 1.82) is 0 Å². The van der Waals surface area contributed by atoms with E-state index in [9.17, 15) is 0 Å². The summed E-state index contributed by atoms with van der Waals surface area (Å²) in [6, 6.07) is 6.13. The minimum atomic E-state index is 0.710. The zero-order valence-electron chi connectivity index (χ0n) is 7.54. The molecule has 0 aliphatic carbocycles. The van der Waals surface area contributed by atoms with Gasteiger partial charge < -0.3 is 4.74 Å². The summed E-state index contributed by atoms with van der Waals surface area (Å²) in [5.74, 6) is 0.929. The van der Waals surface area contributed by atoms with Crippen molar-refractivity contribution >= 4 is 22.1 Å². The van der Waals surface area contributed by atoms with Crippen molar-refractivity contribution in [3.63, 3.8) is 0 Å². The zero-order chi connectivity index (χ0) is 9.26. The molecule has 0 spiro atoms. The predicted octanol–water partition coefficient (Wildman–Crippen LogP) is 3.48. The third-order valence-electron chi connectivity index (χ3n) is 1.96. The van der Waals surface area contributed by atoms with Gasteiger partial charge in [-0.25, -0.2) is 0 Å². The maximum Gasteiger partial charge on any atom is 0.119 e. The summed E-state index contributed by atoms with van der Waals surface area (Å²) in [6.07, 6.45) is 0. The van der Waals surface area contributed by atoms with Crippen molar-refractivity contribution in [2.75, 3.05) is 6.61 Å². The maximum atomic E-state index is 5.42. The Morgan fingerprint density at radius 3 is 3.08 bits per heavy atom. The second kappa shape index (κ2) is 3.38. The Hall–Kier alpha value is -1.02. The van der Waals surface area contributed by atoms with Crippen LogP contribution in [0.25, 0.3) is 10.8 Å². The number of rotatable bonds is 2. The normalized spacial score (nSPS) is 10.6. The second-order valence-electron chi connectivity index (χ2n) is 2.84. The molecule has 1 nitrogen and oxygen atoms in total. The van der Waals surface area contributed by atoms with Gasteiger partial charge in [0, 0.05) is 4.88 Å². The SMILES string of the molecule is [CH2]c1scc2ccc(OCC)cc12. The van der Waals surface area contributed by atoms with Crippen molar-refractivity contribution in [3.8, 4) is 5.75 Å². The van der Waals surface area contributed by atoms with Gasteiger partial charge in [0.15, 0.2) is 0 Å². The van der Waals surface area contributed by atoms with Crippen molar-refractivity contribution in [3.05, 3.63) is 35.4 Å². The Kier molecular flexibility index (Phi) is 2.23. The van der Waals surface area contributed by atoms with Gasteiger partial charge in [-0.3, -0.25) is 0 Å². The summed E-state index contributed by atoms with van der Waals surface area (Å²) >= 11 is 1.68. The molecule has 0 bridgehead atoms. The molecule has 0 atom stereocenters. The molecule has 0 amide bonds. The third kappa shape index (κ3) is 1.54. The Morgan fingerprint density at radius 1 is 1.46 bits per heavy atom. The first-order chi connectivity index (χ1) is 6.31. The van der Waals surface area contributed by atoms with Crippen molar-refractivity contribution < 1.29 is 4.74 Å². The van der Waals surface area contributed by atoms with Crippen LogP contribution in [-0.4, -0.2) is 6.61 Å². The Morgan fingerprint density at radius 2 is 2.31 bits per heavy atom. The zero-order valence-corrected chi connectivity index (χ0v) is 8.36. The largest absolute Gasteiger partial charge is 0.494 e. The Labute approximate surface area is 82.0 Å². The van der Waals surface area contributed by atoms with Crippen molar-refractivity contribution in [2.24, 2.45) is 0 Å². The molecule has 0 aliphatic rings. The molecule has 2 aromatic rings. The Bertz CT molecular complexity index is 417. The number of ether oxygens (including phenoxy) is 1. The smallest absolute Gasteiger partial charge is 0.119 e. The average molecular weight is 191 g/mol. The molecule has 0 saturated heterocycles. The van der Waals surface area contributed by atoms with Crippen LogP contribution in [-0.2, 0) is 0 Å². The van der Waals surface area contributed by atoms with Crippen LogP contribution < -0.4 is 4.74 Å². The fourth-order valence-electron chi connectivity index (χ4n) is 1.33. The van der Waals surface area contributed by atoms with Gasteiger partial charge >= 0.3 is 0 Å². The molecule has 0 aliphatic heterocycles. The van der Waals surface area contributed by atoms with E-state index in [2.05, 4.69) is 24.4 Å². The first kappa shape index (κ1) is 8.57.